The molecule has 1 heterocycles. The molecule has 1 aliphatic rings. The fourth-order valence-electron chi connectivity index (χ4n) is 1.89. The molecule has 0 aliphatic carbocycles. The van der Waals surface area contributed by atoms with Crippen LogP contribution in [-0.2, 0) is 0 Å². The SMILES string of the molecule is CC1CC(O)CN(CCCCl)C1. The van der Waals surface area contributed by atoms with Crippen LogP contribution in [-0.4, -0.2) is 41.6 Å². The first-order valence-corrected chi connectivity index (χ1v) is 5.22. The van der Waals surface area contributed by atoms with Gasteiger partial charge in [0.2, 0.25) is 0 Å². The lowest BCUT2D eigenvalue weighted by atomic mass is 9.98. The Morgan fingerprint density at radius 2 is 2.25 bits per heavy atom. The van der Waals surface area contributed by atoms with E-state index in [1.807, 2.05) is 0 Å². The van der Waals surface area contributed by atoms with E-state index in [9.17, 15) is 5.11 Å². The Morgan fingerprint density at radius 1 is 1.50 bits per heavy atom. The number of rotatable bonds is 3. The van der Waals surface area contributed by atoms with E-state index in [1.54, 1.807) is 0 Å². The van der Waals surface area contributed by atoms with Crippen LogP contribution in [0.3, 0.4) is 0 Å². The molecule has 2 nitrogen and oxygen atoms in total. The number of aliphatic hydroxyl groups excluding tert-OH is 1. The van der Waals surface area contributed by atoms with E-state index in [0.29, 0.717) is 5.92 Å². The second-order valence-electron chi connectivity index (χ2n) is 3.80. The predicted molar refractivity (Wildman–Crippen MR) is 51.6 cm³/mol. The normalized spacial score (nSPS) is 32.2. The van der Waals surface area contributed by atoms with Crippen molar-refractivity contribution in [2.45, 2.75) is 25.9 Å². The van der Waals surface area contributed by atoms with Crippen LogP contribution in [0.1, 0.15) is 19.8 Å². The van der Waals surface area contributed by atoms with Gasteiger partial charge in [-0.3, -0.25) is 0 Å². The van der Waals surface area contributed by atoms with E-state index >= 15 is 0 Å². The Bertz CT molecular complexity index is 122. The van der Waals surface area contributed by atoms with E-state index in [-0.39, 0.29) is 6.10 Å². The third kappa shape index (κ3) is 3.30. The molecular weight excluding hydrogens is 174 g/mol. The van der Waals surface area contributed by atoms with Crippen molar-refractivity contribution in [2.75, 3.05) is 25.5 Å². The number of β-amino-alcohol motifs (C(OH)–C–C–N with tert-alkyl or cyclic N) is 1. The number of hydrogen-bond donors (Lipinski definition) is 1. The Balaban J connectivity index is 2.24. The molecule has 72 valence electrons. The minimum Gasteiger partial charge on any atom is -0.392 e. The van der Waals surface area contributed by atoms with Gasteiger partial charge in [0.25, 0.3) is 0 Å². The largest absolute Gasteiger partial charge is 0.392 e. The van der Waals surface area contributed by atoms with Gasteiger partial charge in [0.1, 0.15) is 0 Å². The van der Waals surface area contributed by atoms with Crippen LogP contribution in [0, 0.1) is 5.92 Å². The van der Waals surface area contributed by atoms with Crippen LogP contribution in [0.2, 0.25) is 0 Å². The molecule has 1 N–H and O–H groups in total. The molecule has 0 aromatic heterocycles. The summed E-state index contributed by atoms with van der Waals surface area (Å²) in [6.45, 7) is 5.18. The van der Waals surface area contributed by atoms with Crippen molar-refractivity contribution in [3.63, 3.8) is 0 Å². The quantitative estimate of drug-likeness (QED) is 0.681. The highest BCUT2D eigenvalue weighted by Crippen LogP contribution is 2.16. The topological polar surface area (TPSA) is 23.5 Å². The molecule has 1 saturated heterocycles. The zero-order valence-electron chi connectivity index (χ0n) is 7.67. The van der Waals surface area contributed by atoms with E-state index < -0.39 is 0 Å². The van der Waals surface area contributed by atoms with Gasteiger partial charge in [0.05, 0.1) is 6.10 Å². The Hall–Kier alpha value is 0.210. The smallest absolute Gasteiger partial charge is 0.0670 e. The van der Waals surface area contributed by atoms with Gasteiger partial charge in [0.15, 0.2) is 0 Å². The lowest BCUT2D eigenvalue weighted by molar-refractivity contribution is 0.0450. The third-order valence-corrected chi connectivity index (χ3v) is 2.59. The predicted octanol–water partition coefficient (Wildman–Crippen LogP) is 1.32. The molecule has 2 atom stereocenters. The fraction of sp³-hybridized carbons (Fsp3) is 1.00. The summed E-state index contributed by atoms with van der Waals surface area (Å²) in [5.74, 6) is 1.35. The van der Waals surface area contributed by atoms with Crippen molar-refractivity contribution >= 4 is 11.6 Å². The monoisotopic (exact) mass is 191 g/mol. The third-order valence-electron chi connectivity index (χ3n) is 2.32. The van der Waals surface area contributed by atoms with Crippen LogP contribution in [0.5, 0.6) is 0 Å². The Labute approximate surface area is 79.5 Å². The number of hydrogen-bond acceptors (Lipinski definition) is 2. The lowest BCUT2D eigenvalue weighted by Crippen LogP contribution is -2.42. The van der Waals surface area contributed by atoms with Gasteiger partial charge in [-0.05, 0) is 25.3 Å². The number of halogens is 1. The summed E-state index contributed by atoms with van der Waals surface area (Å²) in [7, 11) is 0. The minimum atomic E-state index is -0.121. The molecule has 3 heteroatoms. The molecule has 0 bridgehead atoms. The molecule has 0 aromatic rings. The van der Waals surface area contributed by atoms with Crippen LogP contribution in [0.25, 0.3) is 0 Å². The Morgan fingerprint density at radius 3 is 2.83 bits per heavy atom. The number of likely N-dealkylation sites (tertiary alicyclic amines) is 1. The molecule has 1 rings (SSSR count). The minimum absolute atomic E-state index is 0.121. The van der Waals surface area contributed by atoms with Gasteiger partial charge >= 0.3 is 0 Å². The van der Waals surface area contributed by atoms with E-state index in [1.165, 1.54) is 0 Å². The van der Waals surface area contributed by atoms with Gasteiger partial charge in [-0.25, -0.2) is 0 Å². The van der Waals surface area contributed by atoms with Crippen LogP contribution in [0.4, 0.5) is 0 Å². The van der Waals surface area contributed by atoms with Crippen molar-refractivity contribution in [2.24, 2.45) is 5.92 Å². The van der Waals surface area contributed by atoms with Gasteiger partial charge in [-0.2, -0.15) is 0 Å². The first-order chi connectivity index (χ1) is 5.72. The molecular formula is C9H18ClNO. The summed E-state index contributed by atoms with van der Waals surface area (Å²) in [6.07, 6.45) is 1.86. The van der Waals surface area contributed by atoms with Crippen molar-refractivity contribution in [3.8, 4) is 0 Å². The maximum Gasteiger partial charge on any atom is 0.0670 e. The van der Waals surface area contributed by atoms with Crippen molar-refractivity contribution in [1.29, 1.82) is 0 Å². The summed E-state index contributed by atoms with van der Waals surface area (Å²) in [5.41, 5.74) is 0. The molecule has 2 unspecified atom stereocenters. The first-order valence-electron chi connectivity index (χ1n) is 4.68. The highest BCUT2D eigenvalue weighted by Gasteiger charge is 2.21. The lowest BCUT2D eigenvalue weighted by Gasteiger charge is -2.33. The second-order valence-corrected chi connectivity index (χ2v) is 4.17. The van der Waals surface area contributed by atoms with Crippen molar-refractivity contribution < 1.29 is 5.11 Å². The number of nitrogens with zero attached hydrogens (tertiary/aromatic N) is 1. The zero-order valence-corrected chi connectivity index (χ0v) is 8.43. The summed E-state index contributed by atoms with van der Waals surface area (Å²) in [6, 6.07) is 0. The fourth-order valence-corrected chi connectivity index (χ4v) is 2.01. The standard InChI is InChI=1S/C9H18ClNO/c1-8-5-9(12)7-11(6-8)4-2-3-10/h8-9,12H,2-7H2,1H3. The van der Waals surface area contributed by atoms with Crippen LogP contribution in [0.15, 0.2) is 0 Å². The second kappa shape index (κ2) is 5.05. The highest BCUT2D eigenvalue weighted by atomic mass is 35.5. The van der Waals surface area contributed by atoms with Crippen molar-refractivity contribution in [1.82, 2.24) is 4.90 Å². The summed E-state index contributed by atoms with van der Waals surface area (Å²) in [4.78, 5) is 2.31. The molecule has 0 saturated carbocycles. The van der Waals surface area contributed by atoms with Gasteiger partial charge in [0, 0.05) is 19.0 Å². The number of aliphatic hydroxyl groups is 1. The van der Waals surface area contributed by atoms with Gasteiger partial charge in [-0.1, -0.05) is 6.92 Å². The summed E-state index contributed by atoms with van der Waals surface area (Å²) < 4.78 is 0. The van der Waals surface area contributed by atoms with E-state index in [0.717, 1.165) is 38.4 Å². The molecule has 0 spiro atoms. The van der Waals surface area contributed by atoms with E-state index in [4.69, 9.17) is 11.6 Å². The average molecular weight is 192 g/mol. The molecule has 0 amide bonds. The van der Waals surface area contributed by atoms with Crippen LogP contribution < -0.4 is 0 Å². The number of piperidine rings is 1. The molecule has 0 radical (unpaired) electrons. The zero-order chi connectivity index (χ0) is 8.97. The van der Waals surface area contributed by atoms with E-state index in [2.05, 4.69) is 11.8 Å². The average Bonchev–Trinajstić information content (AvgIpc) is 1.99. The van der Waals surface area contributed by atoms with Gasteiger partial charge < -0.3 is 10.0 Å². The maximum absolute atomic E-state index is 9.47. The maximum atomic E-state index is 9.47. The number of alkyl halides is 1. The summed E-state index contributed by atoms with van der Waals surface area (Å²) >= 11 is 5.60. The molecule has 1 aliphatic heterocycles. The molecule has 0 aromatic carbocycles. The van der Waals surface area contributed by atoms with Crippen LogP contribution >= 0.6 is 11.6 Å². The van der Waals surface area contributed by atoms with Crippen molar-refractivity contribution in [3.05, 3.63) is 0 Å². The summed E-state index contributed by atoms with van der Waals surface area (Å²) in [5, 5.41) is 9.47. The molecule has 12 heavy (non-hydrogen) atoms. The van der Waals surface area contributed by atoms with Gasteiger partial charge in [-0.15, -0.1) is 11.6 Å². The Kier molecular flexibility index (Phi) is 4.33. The first kappa shape index (κ1) is 10.3. The molecule has 1 fully saturated rings. The highest BCUT2D eigenvalue weighted by molar-refractivity contribution is 6.17.